The van der Waals surface area contributed by atoms with Gasteiger partial charge in [-0.3, -0.25) is 0 Å². The van der Waals surface area contributed by atoms with E-state index in [1.165, 1.54) is 32.1 Å². The first-order valence-corrected chi connectivity index (χ1v) is 5.78. The smallest absolute Gasteiger partial charge is 0.233 e. The number of hydrogen-bond donors (Lipinski definition) is 0. The standard InChI is InChI=1S/C9H13IN2O/c1-9(5-3-2-4-6-9)7-11-8(10)12-13-7/h2-6H2,1H3. The predicted octanol–water partition coefficient (Wildman–Crippen LogP) is 2.90. The minimum Gasteiger partial charge on any atom is -0.338 e. The van der Waals surface area contributed by atoms with Crippen molar-refractivity contribution in [2.75, 3.05) is 0 Å². The highest BCUT2D eigenvalue weighted by Gasteiger charge is 2.34. The van der Waals surface area contributed by atoms with Gasteiger partial charge in [0.25, 0.3) is 0 Å². The Hall–Kier alpha value is -0.130. The van der Waals surface area contributed by atoms with Crippen LogP contribution in [0.5, 0.6) is 0 Å². The molecule has 0 saturated heterocycles. The van der Waals surface area contributed by atoms with Gasteiger partial charge in [-0.05, 0) is 12.8 Å². The first kappa shape index (κ1) is 9.43. The Morgan fingerprint density at radius 1 is 1.31 bits per heavy atom. The van der Waals surface area contributed by atoms with Crippen molar-refractivity contribution in [2.45, 2.75) is 44.4 Å². The van der Waals surface area contributed by atoms with Gasteiger partial charge in [0.1, 0.15) is 0 Å². The van der Waals surface area contributed by atoms with E-state index < -0.39 is 0 Å². The number of rotatable bonds is 1. The van der Waals surface area contributed by atoms with Crippen molar-refractivity contribution in [1.82, 2.24) is 10.1 Å². The molecule has 3 nitrogen and oxygen atoms in total. The minimum atomic E-state index is 0.147. The molecule has 0 aromatic carbocycles. The van der Waals surface area contributed by atoms with Crippen molar-refractivity contribution in [3.8, 4) is 0 Å². The summed E-state index contributed by atoms with van der Waals surface area (Å²) >= 11 is 2.09. The molecule has 2 rings (SSSR count). The van der Waals surface area contributed by atoms with Crippen LogP contribution in [-0.4, -0.2) is 10.1 Å². The third kappa shape index (κ3) is 1.87. The van der Waals surface area contributed by atoms with E-state index in [-0.39, 0.29) is 5.41 Å². The quantitative estimate of drug-likeness (QED) is 0.747. The molecule has 0 atom stereocenters. The van der Waals surface area contributed by atoms with Crippen LogP contribution in [0.1, 0.15) is 44.9 Å². The third-order valence-corrected chi connectivity index (χ3v) is 3.31. The highest BCUT2D eigenvalue weighted by atomic mass is 127. The summed E-state index contributed by atoms with van der Waals surface area (Å²) in [6, 6.07) is 0. The molecule has 0 spiro atoms. The van der Waals surface area contributed by atoms with Crippen molar-refractivity contribution >= 4 is 22.6 Å². The van der Waals surface area contributed by atoms with E-state index in [9.17, 15) is 0 Å². The molecule has 1 saturated carbocycles. The fourth-order valence-electron chi connectivity index (χ4n) is 2.00. The van der Waals surface area contributed by atoms with Gasteiger partial charge in [0.15, 0.2) is 0 Å². The zero-order valence-electron chi connectivity index (χ0n) is 7.72. The molecule has 72 valence electrons. The van der Waals surface area contributed by atoms with Gasteiger partial charge >= 0.3 is 0 Å². The van der Waals surface area contributed by atoms with Gasteiger partial charge in [0, 0.05) is 28.0 Å². The summed E-state index contributed by atoms with van der Waals surface area (Å²) in [5.41, 5.74) is 0.147. The number of hydrogen-bond acceptors (Lipinski definition) is 3. The van der Waals surface area contributed by atoms with Gasteiger partial charge in [-0.25, -0.2) is 0 Å². The van der Waals surface area contributed by atoms with E-state index in [4.69, 9.17) is 4.52 Å². The summed E-state index contributed by atoms with van der Waals surface area (Å²) in [7, 11) is 0. The summed E-state index contributed by atoms with van der Waals surface area (Å²) in [6.45, 7) is 2.23. The molecule has 0 aliphatic heterocycles. The lowest BCUT2D eigenvalue weighted by molar-refractivity contribution is 0.232. The fraction of sp³-hybridized carbons (Fsp3) is 0.778. The third-order valence-electron chi connectivity index (χ3n) is 2.87. The molecule has 1 fully saturated rings. The van der Waals surface area contributed by atoms with E-state index in [0.717, 1.165) is 9.72 Å². The first-order chi connectivity index (χ1) is 6.21. The molecule has 0 unspecified atom stereocenters. The van der Waals surface area contributed by atoms with E-state index in [0.29, 0.717) is 0 Å². The lowest BCUT2D eigenvalue weighted by Gasteiger charge is -2.29. The summed E-state index contributed by atoms with van der Waals surface area (Å²) in [4.78, 5) is 4.31. The Morgan fingerprint density at radius 3 is 2.54 bits per heavy atom. The van der Waals surface area contributed by atoms with Crippen molar-refractivity contribution in [1.29, 1.82) is 0 Å². The molecule has 0 radical (unpaired) electrons. The average molecular weight is 292 g/mol. The second kappa shape index (κ2) is 3.55. The maximum Gasteiger partial charge on any atom is 0.233 e. The Labute approximate surface area is 91.4 Å². The first-order valence-electron chi connectivity index (χ1n) is 4.70. The fourth-order valence-corrected chi connectivity index (χ4v) is 2.31. The second-order valence-electron chi connectivity index (χ2n) is 3.99. The van der Waals surface area contributed by atoms with Crippen LogP contribution in [0.2, 0.25) is 0 Å². The van der Waals surface area contributed by atoms with Crippen LogP contribution in [0.15, 0.2) is 4.52 Å². The highest BCUT2D eigenvalue weighted by Crippen LogP contribution is 2.37. The van der Waals surface area contributed by atoms with Crippen LogP contribution in [0.3, 0.4) is 0 Å². The van der Waals surface area contributed by atoms with E-state index in [1.54, 1.807) is 0 Å². The minimum absolute atomic E-state index is 0.147. The maximum atomic E-state index is 5.24. The number of aromatic nitrogens is 2. The lowest BCUT2D eigenvalue weighted by atomic mass is 9.76. The van der Waals surface area contributed by atoms with Crippen molar-refractivity contribution in [2.24, 2.45) is 0 Å². The van der Waals surface area contributed by atoms with Gasteiger partial charge in [0.2, 0.25) is 9.72 Å². The summed E-state index contributed by atoms with van der Waals surface area (Å²) < 4.78 is 5.96. The summed E-state index contributed by atoms with van der Waals surface area (Å²) in [5.74, 6) is 0.830. The number of nitrogens with zero attached hydrogens (tertiary/aromatic N) is 2. The molecule has 4 heteroatoms. The Bertz CT molecular complexity index is 292. The Kier molecular flexibility index (Phi) is 2.58. The van der Waals surface area contributed by atoms with Crippen LogP contribution in [0, 0.1) is 3.83 Å². The van der Waals surface area contributed by atoms with Gasteiger partial charge in [-0.2, -0.15) is 4.98 Å². The topological polar surface area (TPSA) is 38.9 Å². The molecular formula is C9H13IN2O. The molecule has 0 bridgehead atoms. The lowest BCUT2D eigenvalue weighted by Crippen LogP contribution is -2.25. The Morgan fingerprint density at radius 2 is 2.00 bits per heavy atom. The van der Waals surface area contributed by atoms with Gasteiger partial charge < -0.3 is 4.52 Å². The van der Waals surface area contributed by atoms with Gasteiger partial charge in [-0.1, -0.05) is 31.3 Å². The summed E-state index contributed by atoms with van der Waals surface area (Å²) in [6.07, 6.45) is 6.29. The van der Waals surface area contributed by atoms with E-state index >= 15 is 0 Å². The average Bonchev–Trinajstić information content (AvgIpc) is 2.54. The molecule has 1 aromatic rings. The van der Waals surface area contributed by atoms with Crippen LogP contribution in [0.4, 0.5) is 0 Å². The van der Waals surface area contributed by atoms with E-state index in [2.05, 4.69) is 39.7 Å². The van der Waals surface area contributed by atoms with Crippen LogP contribution in [-0.2, 0) is 5.41 Å². The highest BCUT2D eigenvalue weighted by molar-refractivity contribution is 14.1. The molecule has 1 heterocycles. The molecule has 1 aliphatic carbocycles. The van der Waals surface area contributed by atoms with E-state index in [1.807, 2.05) is 0 Å². The molecular weight excluding hydrogens is 279 g/mol. The van der Waals surface area contributed by atoms with Crippen molar-refractivity contribution < 1.29 is 4.52 Å². The monoisotopic (exact) mass is 292 g/mol. The van der Waals surface area contributed by atoms with Gasteiger partial charge in [0.05, 0.1) is 0 Å². The SMILES string of the molecule is CC1(c2nc(I)no2)CCCCC1. The largest absolute Gasteiger partial charge is 0.338 e. The molecule has 1 aromatic heterocycles. The van der Waals surface area contributed by atoms with Gasteiger partial charge in [-0.15, -0.1) is 0 Å². The second-order valence-corrected chi connectivity index (χ2v) is 4.95. The molecule has 0 N–H and O–H groups in total. The zero-order valence-corrected chi connectivity index (χ0v) is 9.87. The van der Waals surface area contributed by atoms with Crippen molar-refractivity contribution in [3.05, 3.63) is 9.72 Å². The molecule has 0 amide bonds. The predicted molar refractivity (Wildman–Crippen MR) is 57.5 cm³/mol. The molecule has 1 aliphatic rings. The normalized spacial score (nSPS) is 21.7. The molecule has 13 heavy (non-hydrogen) atoms. The maximum absolute atomic E-state index is 5.24. The van der Waals surface area contributed by atoms with Crippen LogP contribution >= 0.6 is 22.6 Å². The Balaban J connectivity index is 2.22. The summed E-state index contributed by atoms with van der Waals surface area (Å²) in [5, 5.41) is 3.84. The van der Waals surface area contributed by atoms with Crippen LogP contribution < -0.4 is 0 Å². The van der Waals surface area contributed by atoms with Crippen LogP contribution in [0.25, 0.3) is 0 Å². The number of halogens is 1. The zero-order chi connectivity index (χ0) is 9.31. The van der Waals surface area contributed by atoms with Crippen molar-refractivity contribution in [3.63, 3.8) is 0 Å².